The summed E-state index contributed by atoms with van der Waals surface area (Å²) in [6.45, 7) is 0.437. The Kier molecular flexibility index (Phi) is 2.33. The average Bonchev–Trinajstić information content (AvgIpc) is 2.69. The summed E-state index contributed by atoms with van der Waals surface area (Å²) in [4.78, 5) is 1.76. The first-order chi connectivity index (χ1) is 7.09. The van der Waals surface area contributed by atoms with E-state index in [-0.39, 0.29) is 4.90 Å². The van der Waals surface area contributed by atoms with E-state index < -0.39 is 10.0 Å². The molecule has 0 unspecified atom stereocenters. The van der Waals surface area contributed by atoms with Gasteiger partial charge in [-0.05, 0) is 12.1 Å². The van der Waals surface area contributed by atoms with Crippen LogP contribution in [-0.2, 0) is 10.0 Å². The summed E-state index contributed by atoms with van der Waals surface area (Å²) < 4.78 is 22.6. The lowest BCUT2D eigenvalue weighted by Gasteiger charge is -2.16. The number of hydrogen-bond acceptors (Lipinski definition) is 5. The predicted molar refractivity (Wildman–Crippen MR) is 56.8 cm³/mol. The minimum Gasteiger partial charge on any atom is -0.310 e. The molecule has 1 aliphatic heterocycles. The Balaban J connectivity index is 2.51. The third-order valence-corrected chi connectivity index (χ3v) is 2.97. The summed E-state index contributed by atoms with van der Waals surface area (Å²) in [5, 5.41) is 8.89. The van der Waals surface area contributed by atoms with Crippen molar-refractivity contribution in [2.75, 3.05) is 11.6 Å². The molecule has 0 saturated heterocycles. The number of anilines is 1. The molecule has 2 rings (SSSR count). The van der Waals surface area contributed by atoms with Gasteiger partial charge in [0.15, 0.2) is 0 Å². The Labute approximate surface area is 87.4 Å². The predicted octanol–water partition coefficient (Wildman–Crippen LogP) is -0.356. The van der Waals surface area contributed by atoms with Crippen LogP contribution in [0.4, 0.5) is 5.69 Å². The number of nitrogens with one attached hydrogen (secondary N) is 1. The lowest BCUT2D eigenvalue weighted by Crippen LogP contribution is -2.25. The summed E-state index contributed by atoms with van der Waals surface area (Å²) in [6.07, 6.45) is 1.52. The molecule has 6 nitrogen and oxygen atoms in total. The van der Waals surface area contributed by atoms with Gasteiger partial charge in [-0.25, -0.2) is 13.6 Å². The molecule has 0 fully saturated rings. The zero-order valence-corrected chi connectivity index (χ0v) is 8.61. The molecule has 80 valence electrons. The highest BCUT2D eigenvalue weighted by molar-refractivity contribution is 7.89. The van der Waals surface area contributed by atoms with E-state index in [1.807, 2.05) is 0 Å². The third kappa shape index (κ3) is 1.92. The second kappa shape index (κ2) is 3.52. The molecule has 0 atom stereocenters. The Hall–Kier alpha value is -1.60. The number of hydrazone groups is 1. The zero-order valence-electron chi connectivity index (χ0n) is 7.79. The lowest BCUT2D eigenvalue weighted by molar-refractivity contribution is 0.597. The first-order valence-electron chi connectivity index (χ1n) is 4.23. The van der Waals surface area contributed by atoms with Gasteiger partial charge in [-0.2, -0.15) is 5.10 Å². The fourth-order valence-corrected chi connectivity index (χ4v) is 2.10. The fourth-order valence-electron chi connectivity index (χ4n) is 1.35. The van der Waals surface area contributed by atoms with Gasteiger partial charge in [-0.15, -0.1) is 0 Å². The monoisotopic (exact) mass is 226 g/mol. The Bertz CT molecular complexity index is 497. The maximum absolute atomic E-state index is 11.3. The minimum absolute atomic E-state index is 0.0974. The van der Waals surface area contributed by atoms with Gasteiger partial charge in [0.05, 0.1) is 5.69 Å². The molecule has 0 saturated carbocycles. The van der Waals surface area contributed by atoms with Gasteiger partial charge in [0.1, 0.15) is 17.9 Å². The number of rotatable bonds is 2. The second-order valence-corrected chi connectivity index (χ2v) is 4.57. The number of sulfonamides is 1. The van der Waals surface area contributed by atoms with Crippen molar-refractivity contribution in [1.82, 2.24) is 5.43 Å². The summed E-state index contributed by atoms with van der Waals surface area (Å²) in [5.74, 6) is 0. The van der Waals surface area contributed by atoms with E-state index in [1.165, 1.54) is 12.4 Å². The molecule has 3 N–H and O–H groups in total. The van der Waals surface area contributed by atoms with Crippen molar-refractivity contribution in [3.63, 3.8) is 0 Å². The minimum atomic E-state index is -3.70. The molecular weight excluding hydrogens is 216 g/mol. The highest BCUT2D eigenvalue weighted by Crippen LogP contribution is 2.23. The molecule has 0 radical (unpaired) electrons. The van der Waals surface area contributed by atoms with Crippen molar-refractivity contribution in [2.24, 2.45) is 10.2 Å². The molecular formula is C8H10N4O2S. The molecule has 0 amide bonds. The standard InChI is InChI=1S/C8H10N4O2S/c9-15(13,14)8-4-2-1-3-7(8)12-5-10-11-6-12/h1-5,11H,6H2,(H2,9,13,14). The van der Waals surface area contributed by atoms with Gasteiger partial charge in [-0.1, -0.05) is 12.1 Å². The van der Waals surface area contributed by atoms with Crippen LogP contribution in [0.15, 0.2) is 34.3 Å². The largest absolute Gasteiger partial charge is 0.310 e. The smallest absolute Gasteiger partial charge is 0.240 e. The first kappa shape index (κ1) is 9.94. The maximum atomic E-state index is 11.3. The van der Waals surface area contributed by atoms with Crippen LogP contribution in [0.3, 0.4) is 0 Å². The van der Waals surface area contributed by atoms with Crippen molar-refractivity contribution >= 4 is 22.0 Å². The Morgan fingerprint density at radius 2 is 2.13 bits per heavy atom. The van der Waals surface area contributed by atoms with Crippen LogP contribution < -0.4 is 15.5 Å². The van der Waals surface area contributed by atoms with E-state index in [4.69, 9.17) is 5.14 Å². The molecule has 1 aliphatic rings. The van der Waals surface area contributed by atoms with Crippen molar-refractivity contribution in [2.45, 2.75) is 4.90 Å². The molecule has 1 aromatic carbocycles. The van der Waals surface area contributed by atoms with Crippen molar-refractivity contribution in [1.29, 1.82) is 0 Å². The van der Waals surface area contributed by atoms with E-state index in [2.05, 4.69) is 10.5 Å². The van der Waals surface area contributed by atoms with Crippen LogP contribution in [0.25, 0.3) is 0 Å². The van der Waals surface area contributed by atoms with E-state index in [1.54, 1.807) is 23.1 Å². The van der Waals surface area contributed by atoms with E-state index in [9.17, 15) is 8.42 Å². The second-order valence-electron chi connectivity index (χ2n) is 3.04. The fraction of sp³-hybridized carbons (Fsp3) is 0.125. The average molecular weight is 226 g/mol. The molecule has 1 heterocycles. The summed E-state index contributed by atoms with van der Waals surface area (Å²) in [7, 11) is -3.70. The molecule has 15 heavy (non-hydrogen) atoms. The van der Waals surface area contributed by atoms with Crippen LogP contribution >= 0.6 is 0 Å². The van der Waals surface area contributed by atoms with Crippen LogP contribution in [0.5, 0.6) is 0 Å². The van der Waals surface area contributed by atoms with Crippen LogP contribution in [0.2, 0.25) is 0 Å². The maximum Gasteiger partial charge on any atom is 0.240 e. The Morgan fingerprint density at radius 1 is 1.40 bits per heavy atom. The SMILES string of the molecule is NS(=O)(=O)c1ccccc1N1C=NNC1. The van der Waals surface area contributed by atoms with Crippen molar-refractivity contribution < 1.29 is 8.42 Å². The zero-order chi connectivity index (χ0) is 10.9. The van der Waals surface area contributed by atoms with Gasteiger partial charge < -0.3 is 4.90 Å². The summed E-state index contributed by atoms with van der Waals surface area (Å²) >= 11 is 0. The van der Waals surface area contributed by atoms with E-state index in [0.717, 1.165) is 0 Å². The first-order valence-corrected chi connectivity index (χ1v) is 5.78. The van der Waals surface area contributed by atoms with Crippen LogP contribution in [-0.4, -0.2) is 21.4 Å². The summed E-state index contributed by atoms with van der Waals surface area (Å²) in [5.41, 5.74) is 3.23. The highest BCUT2D eigenvalue weighted by atomic mass is 32.2. The molecule has 7 heteroatoms. The van der Waals surface area contributed by atoms with E-state index >= 15 is 0 Å². The van der Waals surface area contributed by atoms with Gasteiger partial charge in [-0.3, -0.25) is 5.43 Å². The van der Waals surface area contributed by atoms with Crippen LogP contribution in [0, 0.1) is 0 Å². The summed E-state index contributed by atoms with van der Waals surface area (Å²) in [6, 6.07) is 6.52. The number of nitrogens with zero attached hydrogens (tertiary/aromatic N) is 2. The topological polar surface area (TPSA) is 87.8 Å². The highest BCUT2D eigenvalue weighted by Gasteiger charge is 2.18. The number of hydrogen-bond donors (Lipinski definition) is 2. The number of nitrogens with two attached hydrogens (primary N) is 1. The lowest BCUT2D eigenvalue weighted by atomic mass is 10.3. The van der Waals surface area contributed by atoms with Gasteiger partial charge in [0.2, 0.25) is 10.0 Å². The number of benzene rings is 1. The molecule has 0 aromatic heterocycles. The molecule has 0 aliphatic carbocycles. The molecule has 1 aromatic rings. The quantitative estimate of drug-likeness (QED) is 0.721. The van der Waals surface area contributed by atoms with E-state index in [0.29, 0.717) is 12.4 Å². The normalized spacial score (nSPS) is 15.4. The van der Waals surface area contributed by atoms with Gasteiger partial charge >= 0.3 is 0 Å². The number of primary sulfonamides is 1. The van der Waals surface area contributed by atoms with Crippen molar-refractivity contribution in [3.8, 4) is 0 Å². The third-order valence-electron chi connectivity index (χ3n) is 2.01. The molecule has 0 spiro atoms. The van der Waals surface area contributed by atoms with Crippen molar-refractivity contribution in [3.05, 3.63) is 24.3 Å². The Morgan fingerprint density at radius 3 is 2.73 bits per heavy atom. The van der Waals surface area contributed by atoms with Crippen LogP contribution in [0.1, 0.15) is 0 Å². The number of para-hydroxylation sites is 1. The van der Waals surface area contributed by atoms with Gasteiger partial charge in [0.25, 0.3) is 0 Å². The molecule has 0 bridgehead atoms. The van der Waals surface area contributed by atoms with Gasteiger partial charge in [0, 0.05) is 0 Å².